The van der Waals surface area contributed by atoms with Crippen molar-refractivity contribution in [2.75, 3.05) is 23.8 Å². The number of para-hydroxylation sites is 1. The van der Waals surface area contributed by atoms with Gasteiger partial charge in [0, 0.05) is 19.1 Å². The van der Waals surface area contributed by atoms with E-state index in [-0.39, 0.29) is 12.5 Å². The van der Waals surface area contributed by atoms with Crippen molar-refractivity contribution in [3.8, 4) is 10.6 Å². The molecular formula is C24H33N5O3S. The van der Waals surface area contributed by atoms with E-state index in [1.54, 1.807) is 11.3 Å². The molecule has 8 nitrogen and oxygen atoms in total. The highest BCUT2D eigenvalue weighted by molar-refractivity contribution is 7.21. The molecule has 1 aliphatic rings. The number of hydrogen-bond donors (Lipinski definition) is 5. The fraction of sp³-hybridized carbons (Fsp3) is 0.542. The number of rotatable bonds is 10. The van der Waals surface area contributed by atoms with E-state index in [9.17, 15) is 15.3 Å². The third-order valence-corrected chi connectivity index (χ3v) is 7.32. The first-order chi connectivity index (χ1) is 16.0. The Bertz CT molecular complexity index is 1040. The lowest BCUT2D eigenvalue weighted by atomic mass is 10.1. The zero-order valence-corrected chi connectivity index (χ0v) is 20.0. The summed E-state index contributed by atoms with van der Waals surface area (Å²) in [5.41, 5.74) is 2.49. The highest BCUT2D eigenvalue weighted by atomic mass is 32.1. The van der Waals surface area contributed by atoms with Crippen molar-refractivity contribution in [1.29, 1.82) is 0 Å². The summed E-state index contributed by atoms with van der Waals surface area (Å²) in [5.74, 6) is 0.734. The van der Waals surface area contributed by atoms with Gasteiger partial charge < -0.3 is 26.0 Å². The number of aromatic nitrogens is 3. The number of nitrogens with one attached hydrogen (secondary N) is 2. The summed E-state index contributed by atoms with van der Waals surface area (Å²) in [6.45, 7) is 4.74. The maximum Gasteiger partial charge on any atom is 0.224 e. The first-order valence-electron chi connectivity index (χ1n) is 11.7. The van der Waals surface area contributed by atoms with Crippen LogP contribution in [0.3, 0.4) is 0 Å². The number of nitrogens with zero attached hydrogens (tertiary/aromatic N) is 3. The Hall–Kier alpha value is -2.33. The largest absolute Gasteiger partial charge is 0.396 e. The Labute approximate surface area is 198 Å². The zero-order chi connectivity index (χ0) is 23.4. The number of fused-ring (bicyclic) bond motifs is 1. The van der Waals surface area contributed by atoms with E-state index in [1.165, 1.54) is 12.8 Å². The van der Waals surface area contributed by atoms with Gasteiger partial charge in [-0.1, -0.05) is 38.3 Å². The molecule has 4 rings (SSSR count). The van der Waals surface area contributed by atoms with Gasteiger partial charge in [-0.3, -0.25) is 0 Å². The van der Waals surface area contributed by atoms with Crippen LogP contribution >= 0.6 is 11.3 Å². The van der Waals surface area contributed by atoms with E-state index < -0.39 is 18.2 Å². The van der Waals surface area contributed by atoms with Crippen molar-refractivity contribution < 1.29 is 15.3 Å². The Balaban J connectivity index is 1.65. The fourth-order valence-corrected chi connectivity index (χ4v) is 5.43. The van der Waals surface area contributed by atoms with Crippen LogP contribution in [0.2, 0.25) is 0 Å². The normalized spacial score (nSPS) is 22.7. The minimum atomic E-state index is -0.994. The minimum Gasteiger partial charge on any atom is -0.396 e. The van der Waals surface area contributed by atoms with Crippen LogP contribution in [0.25, 0.3) is 20.8 Å². The molecule has 0 bridgehead atoms. The van der Waals surface area contributed by atoms with Gasteiger partial charge in [0.2, 0.25) is 5.95 Å². The molecule has 0 amide bonds. The third-order valence-electron chi connectivity index (χ3n) is 6.27. The van der Waals surface area contributed by atoms with Gasteiger partial charge in [0.1, 0.15) is 16.9 Å². The highest BCUT2D eigenvalue weighted by Crippen LogP contribution is 2.38. The summed E-state index contributed by atoms with van der Waals surface area (Å²) in [4.78, 5) is 14.2. The molecule has 0 aliphatic heterocycles. The molecule has 4 atom stereocenters. The second-order valence-corrected chi connectivity index (χ2v) is 9.77. The lowest BCUT2D eigenvalue weighted by Crippen LogP contribution is -2.35. The molecule has 2 aromatic heterocycles. The number of unbranched alkanes of at least 4 members (excludes halogenated alkanes) is 3. The number of aryl methyl sites for hydroxylation is 1. The Morgan fingerprint density at radius 1 is 1.06 bits per heavy atom. The highest BCUT2D eigenvalue weighted by Gasteiger charge is 2.41. The maximum absolute atomic E-state index is 10.6. The molecule has 0 spiro atoms. The lowest BCUT2D eigenvalue weighted by Gasteiger charge is -2.21. The number of anilines is 2. The number of aliphatic hydroxyl groups excluding tert-OH is 3. The molecule has 1 fully saturated rings. The summed E-state index contributed by atoms with van der Waals surface area (Å²) in [6, 6.07) is 7.54. The van der Waals surface area contributed by atoms with E-state index in [2.05, 4.69) is 17.6 Å². The van der Waals surface area contributed by atoms with Crippen molar-refractivity contribution in [3.63, 3.8) is 0 Å². The van der Waals surface area contributed by atoms with Gasteiger partial charge >= 0.3 is 0 Å². The van der Waals surface area contributed by atoms with Crippen molar-refractivity contribution in [1.82, 2.24) is 15.0 Å². The average Bonchev–Trinajstić information content (AvgIpc) is 3.34. The predicted molar refractivity (Wildman–Crippen MR) is 133 cm³/mol. The third kappa shape index (κ3) is 5.27. The molecule has 178 valence electrons. The summed E-state index contributed by atoms with van der Waals surface area (Å²) in [6.07, 6.45) is 3.07. The molecule has 9 heteroatoms. The molecule has 0 unspecified atom stereocenters. The predicted octanol–water partition coefficient (Wildman–Crippen LogP) is 3.57. The summed E-state index contributed by atoms with van der Waals surface area (Å²) in [5, 5.41) is 37.9. The van der Waals surface area contributed by atoms with E-state index in [0.717, 1.165) is 45.9 Å². The Kier molecular flexibility index (Phi) is 7.75. The fourth-order valence-electron chi connectivity index (χ4n) is 4.37. The second kappa shape index (κ2) is 10.7. The van der Waals surface area contributed by atoms with Crippen LogP contribution in [0.5, 0.6) is 0 Å². The van der Waals surface area contributed by atoms with Crippen LogP contribution in [-0.4, -0.2) is 61.7 Å². The van der Waals surface area contributed by atoms with Crippen molar-refractivity contribution in [3.05, 3.63) is 30.0 Å². The Morgan fingerprint density at radius 2 is 1.88 bits per heavy atom. The number of hydrogen-bond acceptors (Lipinski definition) is 9. The molecular weight excluding hydrogens is 438 g/mol. The molecule has 0 saturated heterocycles. The minimum absolute atomic E-state index is 0.172. The van der Waals surface area contributed by atoms with E-state index in [1.807, 2.05) is 31.2 Å². The number of thiazole rings is 1. The Morgan fingerprint density at radius 3 is 2.61 bits per heavy atom. The van der Waals surface area contributed by atoms with Crippen molar-refractivity contribution in [2.45, 2.75) is 64.2 Å². The molecule has 1 aromatic carbocycles. The topological polar surface area (TPSA) is 123 Å². The quantitative estimate of drug-likeness (QED) is 0.284. The van der Waals surface area contributed by atoms with E-state index in [4.69, 9.17) is 15.0 Å². The van der Waals surface area contributed by atoms with Crippen LogP contribution in [-0.2, 0) is 0 Å². The van der Waals surface area contributed by atoms with Crippen LogP contribution in [0.1, 0.15) is 44.7 Å². The van der Waals surface area contributed by atoms with Crippen LogP contribution in [0, 0.1) is 12.8 Å². The monoisotopic (exact) mass is 471 g/mol. The van der Waals surface area contributed by atoms with Crippen molar-refractivity contribution >= 4 is 33.3 Å². The van der Waals surface area contributed by atoms with Crippen LogP contribution < -0.4 is 10.6 Å². The van der Waals surface area contributed by atoms with Gasteiger partial charge in [-0.2, -0.15) is 4.98 Å². The van der Waals surface area contributed by atoms with Gasteiger partial charge in [-0.05, 0) is 31.9 Å². The van der Waals surface area contributed by atoms with Gasteiger partial charge in [-0.25, -0.2) is 9.97 Å². The molecule has 1 aliphatic carbocycles. The smallest absolute Gasteiger partial charge is 0.224 e. The molecule has 3 aromatic rings. The molecule has 0 radical (unpaired) electrons. The van der Waals surface area contributed by atoms with Crippen LogP contribution in [0.15, 0.2) is 24.3 Å². The summed E-state index contributed by atoms with van der Waals surface area (Å²) in [7, 11) is 0. The number of aliphatic hydroxyl groups is 3. The first-order valence-corrected chi connectivity index (χ1v) is 12.6. The molecule has 2 heterocycles. The average molecular weight is 472 g/mol. The maximum atomic E-state index is 10.6. The van der Waals surface area contributed by atoms with Gasteiger partial charge in [-0.15, -0.1) is 11.3 Å². The summed E-state index contributed by atoms with van der Waals surface area (Å²) >= 11 is 1.57. The van der Waals surface area contributed by atoms with Gasteiger partial charge in [0.15, 0.2) is 0 Å². The first kappa shape index (κ1) is 23.8. The van der Waals surface area contributed by atoms with Crippen LogP contribution in [0.4, 0.5) is 11.8 Å². The number of benzene rings is 1. The van der Waals surface area contributed by atoms with Crippen molar-refractivity contribution in [2.24, 2.45) is 5.92 Å². The molecule has 5 N–H and O–H groups in total. The summed E-state index contributed by atoms with van der Waals surface area (Å²) < 4.78 is 1.08. The standard InChI is InChI=1S/C24H33N5O3S/c1-3-4-5-8-11-25-24-26-14(2)19(23-28-16-9-6-7-10-18(16)33-23)22(29-24)27-17-12-15(13-30)20(31)21(17)32/h6-7,9-10,15,17,20-21,30-32H,3-5,8,11-13H2,1-2H3,(H2,25,26,27,29)/t15-,17-,20-,21+/m1/s1. The SMILES string of the molecule is CCCCCCNc1nc(C)c(-c2nc3ccccc3s2)c(N[C@@H]2C[C@H](CO)[C@@H](O)[C@H]2O)n1. The zero-order valence-electron chi connectivity index (χ0n) is 19.2. The van der Waals surface area contributed by atoms with Gasteiger partial charge in [0.25, 0.3) is 0 Å². The van der Waals surface area contributed by atoms with E-state index in [0.29, 0.717) is 18.2 Å². The molecule has 33 heavy (non-hydrogen) atoms. The molecule has 1 saturated carbocycles. The van der Waals surface area contributed by atoms with E-state index >= 15 is 0 Å². The second-order valence-electron chi connectivity index (χ2n) is 8.74. The van der Waals surface area contributed by atoms with Gasteiger partial charge in [0.05, 0.1) is 33.6 Å². The lowest BCUT2D eigenvalue weighted by molar-refractivity contribution is 0.00446.